The zero-order valence-corrected chi connectivity index (χ0v) is 11.6. The van der Waals surface area contributed by atoms with E-state index in [9.17, 15) is 9.90 Å². The lowest BCUT2D eigenvalue weighted by atomic mass is 9.82. The molecule has 0 aliphatic rings. The normalized spacial score (nSPS) is 11.7. The van der Waals surface area contributed by atoms with E-state index in [1.165, 1.54) is 10.4 Å². The van der Waals surface area contributed by atoms with Crippen molar-refractivity contribution in [1.29, 1.82) is 0 Å². The molecule has 0 spiro atoms. The summed E-state index contributed by atoms with van der Waals surface area (Å²) in [5.41, 5.74) is 0.615. The topological polar surface area (TPSA) is 49.3 Å². The van der Waals surface area contributed by atoms with Crippen molar-refractivity contribution in [2.45, 2.75) is 40.2 Å². The summed E-state index contributed by atoms with van der Waals surface area (Å²) in [4.78, 5) is 12.6. The number of carboxylic acid groups (broad SMARTS) is 1. The fourth-order valence-corrected chi connectivity index (χ4v) is 2.62. The summed E-state index contributed by atoms with van der Waals surface area (Å²) in [7, 11) is 0. The summed E-state index contributed by atoms with van der Waals surface area (Å²) in [5.74, 6) is -0.698. The van der Waals surface area contributed by atoms with Crippen LogP contribution in [-0.4, -0.2) is 17.6 Å². The monoisotopic (exact) mass is 255 g/mol. The van der Waals surface area contributed by atoms with E-state index in [0.29, 0.717) is 19.4 Å². The van der Waals surface area contributed by atoms with Crippen molar-refractivity contribution in [3.05, 3.63) is 21.9 Å². The van der Waals surface area contributed by atoms with Crippen LogP contribution in [0, 0.1) is 12.3 Å². The summed E-state index contributed by atoms with van der Waals surface area (Å²) in [5, 5.41) is 14.7. The van der Waals surface area contributed by atoms with Gasteiger partial charge in [0, 0.05) is 18.0 Å². The molecule has 0 radical (unpaired) electrons. The van der Waals surface area contributed by atoms with Crippen LogP contribution in [0.1, 0.15) is 37.1 Å². The van der Waals surface area contributed by atoms with E-state index in [1.807, 2.05) is 13.8 Å². The van der Waals surface area contributed by atoms with Gasteiger partial charge in [-0.15, -0.1) is 11.3 Å². The van der Waals surface area contributed by atoms with Crippen molar-refractivity contribution in [3.8, 4) is 0 Å². The standard InChI is InChI=1S/C13H21NO2S/c1-4-13(5-2,12(15)16)9-14-7-11-6-10(3)17-8-11/h6,8,14H,4-5,7,9H2,1-3H3,(H,15,16). The van der Waals surface area contributed by atoms with Gasteiger partial charge in [0.05, 0.1) is 5.41 Å². The number of rotatable bonds is 7. The third-order valence-electron chi connectivity index (χ3n) is 3.38. The number of aliphatic carboxylic acids is 1. The van der Waals surface area contributed by atoms with Gasteiger partial charge in [0.2, 0.25) is 0 Å². The first-order valence-electron chi connectivity index (χ1n) is 6.02. The van der Waals surface area contributed by atoms with Crippen molar-refractivity contribution in [2.24, 2.45) is 5.41 Å². The van der Waals surface area contributed by atoms with Crippen LogP contribution < -0.4 is 5.32 Å². The van der Waals surface area contributed by atoms with Crippen LogP contribution in [0.5, 0.6) is 0 Å². The van der Waals surface area contributed by atoms with Crippen molar-refractivity contribution in [1.82, 2.24) is 5.32 Å². The maximum absolute atomic E-state index is 11.3. The number of aryl methyl sites for hydroxylation is 1. The number of thiophene rings is 1. The Kier molecular flexibility index (Phi) is 5.15. The zero-order chi connectivity index (χ0) is 12.9. The van der Waals surface area contributed by atoms with Gasteiger partial charge < -0.3 is 10.4 Å². The zero-order valence-electron chi connectivity index (χ0n) is 10.7. The molecule has 0 saturated heterocycles. The molecule has 0 amide bonds. The molecule has 3 nitrogen and oxygen atoms in total. The van der Waals surface area contributed by atoms with Gasteiger partial charge in [0.15, 0.2) is 0 Å². The minimum Gasteiger partial charge on any atom is -0.481 e. The van der Waals surface area contributed by atoms with Crippen molar-refractivity contribution < 1.29 is 9.90 Å². The Morgan fingerprint density at radius 3 is 2.53 bits per heavy atom. The SMILES string of the molecule is CCC(CC)(CNCc1csc(C)c1)C(=O)O. The summed E-state index contributed by atoms with van der Waals surface area (Å²) in [6.07, 6.45) is 1.32. The molecule has 0 fully saturated rings. The van der Waals surface area contributed by atoms with Crippen LogP contribution in [-0.2, 0) is 11.3 Å². The number of carboxylic acids is 1. The summed E-state index contributed by atoms with van der Waals surface area (Å²) in [6.45, 7) is 7.24. The maximum atomic E-state index is 11.3. The van der Waals surface area contributed by atoms with Crippen LogP contribution in [0.3, 0.4) is 0 Å². The Morgan fingerprint density at radius 1 is 1.47 bits per heavy atom. The molecular weight excluding hydrogens is 234 g/mol. The average Bonchev–Trinajstić information content (AvgIpc) is 2.70. The van der Waals surface area contributed by atoms with Crippen LogP contribution >= 0.6 is 11.3 Å². The van der Waals surface area contributed by atoms with Gasteiger partial charge in [-0.05, 0) is 36.8 Å². The predicted molar refractivity (Wildman–Crippen MR) is 71.4 cm³/mol. The number of hydrogen-bond acceptors (Lipinski definition) is 3. The highest BCUT2D eigenvalue weighted by atomic mass is 32.1. The molecule has 1 aromatic heterocycles. The second-order valence-electron chi connectivity index (χ2n) is 4.46. The van der Waals surface area contributed by atoms with Gasteiger partial charge in [-0.1, -0.05) is 13.8 Å². The molecule has 0 atom stereocenters. The fourth-order valence-electron chi connectivity index (χ4n) is 1.91. The van der Waals surface area contributed by atoms with Crippen LogP contribution in [0.15, 0.2) is 11.4 Å². The van der Waals surface area contributed by atoms with Crippen molar-refractivity contribution in [3.63, 3.8) is 0 Å². The van der Waals surface area contributed by atoms with Crippen molar-refractivity contribution >= 4 is 17.3 Å². The molecule has 4 heteroatoms. The highest BCUT2D eigenvalue weighted by Crippen LogP contribution is 2.25. The third-order valence-corrected chi connectivity index (χ3v) is 4.29. The first kappa shape index (κ1) is 14.2. The number of nitrogens with one attached hydrogen (secondary N) is 1. The first-order chi connectivity index (χ1) is 8.04. The summed E-state index contributed by atoms with van der Waals surface area (Å²) < 4.78 is 0. The molecule has 2 N–H and O–H groups in total. The molecule has 0 saturated carbocycles. The highest BCUT2D eigenvalue weighted by Gasteiger charge is 2.34. The fraction of sp³-hybridized carbons (Fsp3) is 0.615. The lowest BCUT2D eigenvalue weighted by molar-refractivity contribution is -0.149. The Labute approximate surface area is 107 Å². The summed E-state index contributed by atoms with van der Waals surface area (Å²) in [6, 6.07) is 2.14. The van der Waals surface area contributed by atoms with Gasteiger partial charge in [-0.2, -0.15) is 0 Å². The molecule has 0 aromatic carbocycles. The molecule has 1 rings (SSSR count). The quantitative estimate of drug-likeness (QED) is 0.787. The van der Waals surface area contributed by atoms with E-state index in [4.69, 9.17) is 0 Å². The Morgan fingerprint density at radius 2 is 2.12 bits per heavy atom. The molecule has 96 valence electrons. The van der Waals surface area contributed by atoms with Crippen LogP contribution in [0.4, 0.5) is 0 Å². The molecule has 0 bridgehead atoms. The van der Waals surface area contributed by atoms with Gasteiger partial charge in [0.1, 0.15) is 0 Å². The molecule has 0 unspecified atom stereocenters. The molecule has 1 heterocycles. The molecule has 0 aliphatic heterocycles. The van der Waals surface area contributed by atoms with E-state index < -0.39 is 11.4 Å². The predicted octanol–water partition coefficient (Wildman–Crippen LogP) is 3.04. The minimum absolute atomic E-state index is 0.532. The van der Waals surface area contributed by atoms with E-state index >= 15 is 0 Å². The second kappa shape index (κ2) is 6.17. The van der Waals surface area contributed by atoms with Gasteiger partial charge in [0.25, 0.3) is 0 Å². The van der Waals surface area contributed by atoms with E-state index in [2.05, 4.69) is 23.7 Å². The molecule has 0 aliphatic carbocycles. The van der Waals surface area contributed by atoms with E-state index in [1.54, 1.807) is 11.3 Å². The van der Waals surface area contributed by atoms with E-state index in [-0.39, 0.29) is 0 Å². The number of carbonyl (C=O) groups is 1. The molecular formula is C13H21NO2S. The first-order valence-corrected chi connectivity index (χ1v) is 6.90. The Bertz CT molecular complexity index is 369. The van der Waals surface area contributed by atoms with Crippen LogP contribution in [0.2, 0.25) is 0 Å². The van der Waals surface area contributed by atoms with Crippen molar-refractivity contribution in [2.75, 3.05) is 6.54 Å². The van der Waals surface area contributed by atoms with E-state index in [0.717, 1.165) is 6.54 Å². The number of hydrogen-bond donors (Lipinski definition) is 2. The lowest BCUT2D eigenvalue weighted by Gasteiger charge is -2.26. The molecule has 17 heavy (non-hydrogen) atoms. The summed E-state index contributed by atoms with van der Waals surface area (Å²) >= 11 is 1.72. The van der Waals surface area contributed by atoms with Gasteiger partial charge in [-0.25, -0.2) is 0 Å². The average molecular weight is 255 g/mol. The highest BCUT2D eigenvalue weighted by molar-refractivity contribution is 7.10. The lowest BCUT2D eigenvalue weighted by Crippen LogP contribution is -2.39. The maximum Gasteiger partial charge on any atom is 0.310 e. The largest absolute Gasteiger partial charge is 0.481 e. The third kappa shape index (κ3) is 3.54. The Hall–Kier alpha value is -0.870. The van der Waals surface area contributed by atoms with Gasteiger partial charge in [-0.3, -0.25) is 4.79 Å². The van der Waals surface area contributed by atoms with Gasteiger partial charge >= 0.3 is 5.97 Å². The minimum atomic E-state index is -0.698. The molecule has 1 aromatic rings. The Balaban J connectivity index is 2.50. The van der Waals surface area contributed by atoms with Crippen LogP contribution in [0.25, 0.3) is 0 Å². The smallest absolute Gasteiger partial charge is 0.310 e. The second-order valence-corrected chi connectivity index (χ2v) is 5.58.